The van der Waals surface area contributed by atoms with E-state index >= 15 is 0 Å². The summed E-state index contributed by atoms with van der Waals surface area (Å²) in [7, 11) is 0. The molecule has 0 bridgehead atoms. The number of morpholine rings is 1. The van der Waals surface area contributed by atoms with Gasteiger partial charge in [-0.05, 0) is 30.3 Å². The monoisotopic (exact) mass is 397 g/mol. The molecule has 0 unspecified atom stereocenters. The summed E-state index contributed by atoms with van der Waals surface area (Å²) in [5.41, 5.74) is 1.00. The van der Waals surface area contributed by atoms with Crippen LogP contribution in [0.4, 0.5) is 21.5 Å². The average Bonchev–Trinajstić information content (AvgIpc) is 2.71. The predicted octanol–water partition coefficient (Wildman–Crippen LogP) is 2.95. The molecule has 0 atom stereocenters. The average molecular weight is 397 g/mol. The van der Waals surface area contributed by atoms with Gasteiger partial charge in [0.15, 0.2) is 0 Å². The normalized spacial score (nSPS) is 14.7. The van der Waals surface area contributed by atoms with Crippen molar-refractivity contribution in [3.8, 4) is 0 Å². The molecule has 2 heterocycles. The quantitative estimate of drug-likeness (QED) is 0.644. The van der Waals surface area contributed by atoms with E-state index in [4.69, 9.17) is 9.15 Å². The molecule has 1 amide bonds. The van der Waals surface area contributed by atoms with Crippen LogP contribution in [0.3, 0.4) is 0 Å². The van der Waals surface area contributed by atoms with Gasteiger partial charge in [-0.2, -0.15) is 0 Å². The second-order valence-electron chi connectivity index (χ2n) is 6.73. The Kier molecular flexibility index (Phi) is 5.55. The Morgan fingerprint density at radius 2 is 1.86 bits per heavy atom. The zero-order valence-electron chi connectivity index (χ0n) is 15.6. The number of halogens is 1. The zero-order valence-corrected chi connectivity index (χ0v) is 15.6. The number of hydrogen-bond donors (Lipinski definition) is 2. The van der Waals surface area contributed by atoms with Crippen LogP contribution in [0.1, 0.15) is 0 Å². The smallest absolute Gasteiger partial charge is 0.338 e. The number of carbonyl (C=O) groups excluding carboxylic acids is 1. The zero-order chi connectivity index (χ0) is 20.2. The van der Waals surface area contributed by atoms with Gasteiger partial charge in [-0.1, -0.05) is 12.1 Å². The summed E-state index contributed by atoms with van der Waals surface area (Å²) < 4.78 is 24.9. The van der Waals surface area contributed by atoms with E-state index in [1.807, 2.05) is 11.0 Å². The molecule has 8 heteroatoms. The first kappa shape index (κ1) is 19.1. The van der Waals surface area contributed by atoms with Crippen LogP contribution in [-0.2, 0) is 9.53 Å². The largest absolute Gasteiger partial charge is 0.423 e. The van der Waals surface area contributed by atoms with Gasteiger partial charge in [0.05, 0.1) is 31.1 Å². The van der Waals surface area contributed by atoms with Crippen molar-refractivity contribution in [3.05, 3.63) is 64.8 Å². The van der Waals surface area contributed by atoms with Gasteiger partial charge < -0.3 is 19.8 Å². The van der Waals surface area contributed by atoms with E-state index in [0.717, 1.165) is 0 Å². The molecule has 2 aromatic carbocycles. The maximum absolute atomic E-state index is 14.5. The highest BCUT2D eigenvalue weighted by atomic mass is 19.1. The third kappa shape index (κ3) is 4.61. The first-order valence-electron chi connectivity index (χ1n) is 9.28. The fourth-order valence-electron chi connectivity index (χ4n) is 3.22. The molecule has 0 radical (unpaired) electrons. The van der Waals surface area contributed by atoms with Crippen LogP contribution in [0, 0.1) is 5.82 Å². The van der Waals surface area contributed by atoms with Gasteiger partial charge >= 0.3 is 5.63 Å². The number of anilines is 3. The van der Waals surface area contributed by atoms with Crippen molar-refractivity contribution in [2.45, 2.75) is 0 Å². The van der Waals surface area contributed by atoms with Crippen LogP contribution in [0.25, 0.3) is 11.0 Å². The number of ether oxygens (including phenoxy) is 1. The number of carbonyl (C=O) groups is 1. The number of nitrogens with zero attached hydrogens (tertiary/aromatic N) is 1. The summed E-state index contributed by atoms with van der Waals surface area (Å²) in [5.74, 6) is -0.851. The lowest BCUT2D eigenvalue weighted by Gasteiger charge is -2.25. The molecule has 7 nitrogen and oxygen atoms in total. The minimum Gasteiger partial charge on any atom is -0.423 e. The molecule has 1 fully saturated rings. The van der Waals surface area contributed by atoms with Crippen LogP contribution in [0.15, 0.2) is 57.7 Å². The second-order valence-corrected chi connectivity index (χ2v) is 6.73. The van der Waals surface area contributed by atoms with E-state index < -0.39 is 11.4 Å². The van der Waals surface area contributed by atoms with Gasteiger partial charge in [0.1, 0.15) is 11.4 Å². The first-order valence-corrected chi connectivity index (χ1v) is 9.28. The molecule has 150 valence electrons. The van der Waals surface area contributed by atoms with E-state index in [0.29, 0.717) is 48.6 Å². The lowest BCUT2D eigenvalue weighted by atomic mass is 10.2. The van der Waals surface area contributed by atoms with Crippen molar-refractivity contribution in [1.29, 1.82) is 0 Å². The van der Waals surface area contributed by atoms with E-state index in [2.05, 4.69) is 10.6 Å². The van der Waals surface area contributed by atoms with E-state index in [-0.39, 0.29) is 18.1 Å². The molecule has 1 saturated heterocycles. The number of nitrogens with one attached hydrogen (secondary N) is 2. The molecular formula is C21H20FN3O4. The Balaban J connectivity index is 1.48. The van der Waals surface area contributed by atoms with Crippen LogP contribution in [0.5, 0.6) is 0 Å². The predicted molar refractivity (Wildman–Crippen MR) is 108 cm³/mol. The topological polar surface area (TPSA) is 83.8 Å². The SMILES string of the molecule is O=C(CN1CCOCC1)Nc1ccc(Nc2cc(=O)oc3ccccc23)cc1F. The lowest BCUT2D eigenvalue weighted by Crippen LogP contribution is -2.41. The summed E-state index contributed by atoms with van der Waals surface area (Å²) >= 11 is 0. The molecule has 1 aliphatic rings. The fourth-order valence-corrected chi connectivity index (χ4v) is 3.22. The van der Waals surface area contributed by atoms with Gasteiger partial charge in [0.25, 0.3) is 0 Å². The first-order chi connectivity index (χ1) is 14.1. The Morgan fingerprint density at radius 1 is 1.07 bits per heavy atom. The number of benzene rings is 2. The number of rotatable bonds is 5. The highest BCUT2D eigenvalue weighted by Crippen LogP contribution is 2.26. The summed E-state index contributed by atoms with van der Waals surface area (Å²) in [6.45, 7) is 2.73. The van der Waals surface area contributed by atoms with Gasteiger partial charge in [-0.15, -0.1) is 0 Å². The third-order valence-electron chi connectivity index (χ3n) is 4.64. The molecule has 1 aromatic heterocycles. The number of amides is 1. The molecular weight excluding hydrogens is 377 g/mol. The Morgan fingerprint density at radius 3 is 2.66 bits per heavy atom. The van der Waals surface area contributed by atoms with Crippen molar-refractivity contribution >= 4 is 33.9 Å². The number of hydrogen-bond acceptors (Lipinski definition) is 6. The molecule has 0 spiro atoms. The maximum Gasteiger partial charge on any atom is 0.338 e. The van der Waals surface area contributed by atoms with Crippen LogP contribution < -0.4 is 16.3 Å². The van der Waals surface area contributed by atoms with Gasteiger partial charge in [0, 0.05) is 30.2 Å². The molecule has 0 aliphatic carbocycles. The second kappa shape index (κ2) is 8.42. The van der Waals surface area contributed by atoms with Crippen molar-refractivity contribution in [2.75, 3.05) is 43.5 Å². The Labute approximate surface area is 166 Å². The summed E-state index contributed by atoms with van der Waals surface area (Å²) in [6, 6.07) is 12.8. The summed E-state index contributed by atoms with van der Waals surface area (Å²) in [6.07, 6.45) is 0. The molecule has 0 saturated carbocycles. The van der Waals surface area contributed by atoms with Crippen LogP contribution >= 0.6 is 0 Å². The standard InChI is InChI=1S/C21H20FN3O4/c22-16-11-14(23-18-12-21(27)29-19-4-2-1-3-15(18)19)5-6-17(16)24-20(26)13-25-7-9-28-10-8-25/h1-6,11-12,23H,7-10,13H2,(H,24,26). The van der Waals surface area contributed by atoms with E-state index in [1.54, 1.807) is 24.3 Å². The lowest BCUT2D eigenvalue weighted by molar-refractivity contribution is -0.118. The molecule has 29 heavy (non-hydrogen) atoms. The third-order valence-corrected chi connectivity index (χ3v) is 4.64. The maximum atomic E-state index is 14.5. The van der Waals surface area contributed by atoms with Crippen molar-refractivity contribution in [1.82, 2.24) is 4.90 Å². The van der Waals surface area contributed by atoms with Gasteiger partial charge in [-0.25, -0.2) is 9.18 Å². The molecule has 2 N–H and O–H groups in total. The number of fused-ring (bicyclic) bond motifs is 1. The van der Waals surface area contributed by atoms with Crippen molar-refractivity contribution < 1.29 is 18.3 Å². The van der Waals surface area contributed by atoms with E-state index in [9.17, 15) is 14.0 Å². The van der Waals surface area contributed by atoms with Crippen LogP contribution in [0.2, 0.25) is 0 Å². The minimum absolute atomic E-state index is 0.103. The fraction of sp³-hybridized carbons (Fsp3) is 0.238. The van der Waals surface area contributed by atoms with Crippen LogP contribution in [-0.4, -0.2) is 43.7 Å². The summed E-state index contributed by atoms with van der Waals surface area (Å²) in [4.78, 5) is 25.9. The van der Waals surface area contributed by atoms with E-state index in [1.165, 1.54) is 18.2 Å². The van der Waals surface area contributed by atoms with Crippen molar-refractivity contribution in [3.63, 3.8) is 0 Å². The highest BCUT2D eigenvalue weighted by Gasteiger charge is 2.15. The van der Waals surface area contributed by atoms with Gasteiger partial charge in [0.2, 0.25) is 5.91 Å². The highest BCUT2D eigenvalue weighted by molar-refractivity contribution is 5.93. The Bertz CT molecular complexity index is 1090. The number of para-hydroxylation sites is 1. The Hall–Kier alpha value is -3.23. The molecule has 3 aromatic rings. The van der Waals surface area contributed by atoms with Gasteiger partial charge in [-0.3, -0.25) is 9.69 Å². The molecule has 4 rings (SSSR count). The minimum atomic E-state index is -0.572. The molecule has 1 aliphatic heterocycles. The summed E-state index contributed by atoms with van der Waals surface area (Å²) in [5, 5.41) is 6.34. The van der Waals surface area contributed by atoms with Crippen molar-refractivity contribution in [2.24, 2.45) is 0 Å².